The van der Waals surface area contributed by atoms with Crippen LogP contribution in [0.1, 0.15) is 41.1 Å². The fraction of sp³-hybridized carbons (Fsp3) is 0.241. The van der Waals surface area contributed by atoms with E-state index in [-0.39, 0.29) is 5.91 Å². The van der Waals surface area contributed by atoms with Crippen molar-refractivity contribution < 1.29 is 9.90 Å². The van der Waals surface area contributed by atoms with Crippen LogP contribution in [0.15, 0.2) is 79.3 Å². The highest BCUT2D eigenvalue weighted by molar-refractivity contribution is 6.06. The lowest BCUT2D eigenvalue weighted by Crippen LogP contribution is -2.35. The van der Waals surface area contributed by atoms with E-state index in [1.165, 1.54) is 6.33 Å². The summed E-state index contributed by atoms with van der Waals surface area (Å²) in [5.41, 5.74) is 5.19. The Morgan fingerprint density at radius 1 is 1.03 bits per heavy atom. The molecule has 2 aromatic carbocycles. The van der Waals surface area contributed by atoms with Crippen LogP contribution in [0, 0.1) is 0 Å². The molecule has 0 fully saturated rings. The Labute approximate surface area is 215 Å². The van der Waals surface area contributed by atoms with E-state index in [2.05, 4.69) is 37.7 Å². The van der Waals surface area contributed by atoms with Gasteiger partial charge in [0, 0.05) is 30.1 Å². The first kappa shape index (κ1) is 23.3. The molecule has 1 amide bonds. The Morgan fingerprint density at radius 2 is 1.86 bits per heavy atom. The third-order valence-electron chi connectivity index (χ3n) is 7.39. The number of aliphatic hydroxyl groups excluding tert-OH is 1. The number of nitrogens with zero attached hydrogens (tertiary/aromatic N) is 4. The average molecular weight is 493 g/mol. The third-order valence-corrected chi connectivity index (χ3v) is 7.39. The van der Waals surface area contributed by atoms with Crippen LogP contribution in [-0.2, 0) is 29.6 Å². The van der Waals surface area contributed by atoms with Gasteiger partial charge in [0.2, 0.25) is 5.91 Å². The van der Waals surface area contributed by atoms with E-state index >= 15 is 0 Å². The number of amides is 1. The number of carbonyl (C=O) groups excluding carboxylic acids is 1. The average Bonchev–Trinajstić information content (AvgIpc) is 3.44. The van der Waals surface area contributed by atoms with E-state index < -0.39 is 11.6 Å². The summed E-state index contributed by atoms with van der Waals surface area (Å²) in [5, 5.41) is 17.4. The molecule has 0 saturated carbocycles. The van der Waals surface area contributed by atoms with Gasteiger partial charge < -0.3 is 15.7 Å². The van der Waals surface area contributed by atoms with E-state index in [1.807, 2.05) is 60.4 Å². The van der Waals surface area contributed by atoms with Crippen LogP contribution in [0.3, 0.4) is 0 Å². The molecule has 0 saturated heterocycles. The van der Waals surface area contributed by atoms with E-state index in [0.717, 1.165) is 27.9 Å². The van der Waals surface area contributed by atoms with Crippen molar-refractivity contribution >= 4 is 23.2 Å². The molecular formula is C29H28N6O2. The summed E-state index contributed by atoms with van der Waals surface area (Å²) in [4.78, 5) is 28.0. The fourth-order valence-electron chi connectivity index (χ4n) is 5.45. The van der Waals surface area contributed by atoms with Crippen LogP contribution >= 0.6 is 0 Å². The van der Waals surface area contributed by atoms with Crippen LogP contribution in [0.5, 0.6) is 0 Å². The number of hydrogen-bond donors (Lipinski definition) is 3. The highest BCUT2D eigenvalue weighted by Crippen LogP contribution is 2.47. The summed E-state index contributed by atoms with van der Waals surface area (Å²) in [6.07, 6.45) is 3.60. The number of aliphatic hydroxyl groups is 1. The molecule has 1 spiro atoms. The summed E-state index contributed by atoms with van der Waals surface area (Å²) in [6, 6.07) is 21.9. The van der Waals surface area contributed by atoms with Gasteiger partial charge in [-0.25, -0.2) is 15.0 Å². The lowest BCUT2D eigenvalue weighted by molar-refractivity contribution is -0.120. The summed E-state index contributed by atoms with van der Waals surface area (Å²) >= 11 is 0. The zero-order valence-electron chi connectivity index (χ0n) is 20.6. The third kappa shape index (κ3) is 4.24. The Morgan fingerprint density at radius 3 is 2.70 bits per heavy atom. The lowest BCUT2D eigenvalue weighted by atomic mass is 9.79. The second kappa shape index (κ2) is 9.38. The molecule has 3 N–H and O–H groups in total. The molecule has 0 radical (unpaired) electrons. The minimum atomic E-state index is -0.858. The maximum Gasteiger partial charge on any atom is 0.237 e. The van der Waals surface area contributed by atoms with Gasteiger partial charge in [-0.05, 0) is 54.3 Å². The number of hydrogen-bond acceptors (Lipinski definition) is 7. The molecule has 1 aliphatic carbocycles. The Kier molecular flexibility index (Phi) is 5.90. The maximum atomic E-state index is 13.0. The molecule has 6 rings (SSSR count). The summed E-state index contributed by atoms with van der Waals surface area (Å²) in [7, 11) is 0. The summed E-state index contributed by atoms with van der Waals surface area (Å²) in [5.74, 6) is 1.28. The zero-order valence-corrected chi connectivity index (χ0v) is 20.6. The van der Waals surface area contributed by atoms with Crippen molar-refractivity contribution in [2.45, 2.75) is 38.0 Å². The van der Waals surface area contributed by atoms with E-state index in [0.29, 0.717) is 43.3 Å². The van der Waals surface area contributed by atoms with Gasteiger partial charge in [-0.3, -0.25) is 9.69 Å². The van der Waals surface area contributed by atoms with Crippen molar-refractivity contribution in [2.24, 2.45) is 0 Å². The molecule has 8 heteroatoms. The van der Waals surface area contributed by atoms with Gasteiger partial charge in [0.15, 0.2) is 6.23 Å². The van der Waals surface area contributed by atoms with Gasteiger partial charge in [-0.1, -0.05) is 49.4 Å². The number of carbonyl (C=O) groups is 1. The minimum Gasteiger partial charge on any atom is -0.372 e. The smallest absolute Gasteiger partial charge is 0.237 e. The molecule has 2 atom stereocenters. The maximum absolute atomic E-state index is 13.0. The predicted octanol–water partition coefficient (Wildman–Crippen LogP) is 4.12. The van der Waals surface area contributed by atoms with Crippen molar-refractivity contribution in [3.05, 3.63) is 107 Å². The molecule has 186 valence electrons. The molecule has 3 heterocycles. The summed E-state index contributed by atoms with van der Waals surface area (Å²) < 4.78 is 0. The number of benzene rings is 2. The molecule has 37 heavy (non-hydrogen) atoms. The highest BCUT2D eigenvalue weighted by atomic mass is 16.3. The molecule has 2 aromatic heterocycles. The molecule has 0 bridgehead atoms. The van der Waals surface area contributed by atoms with Gasteiger partial charge in [-0.2, -0.15) is 0 Å². The van der Waals surface area contributed by atoms with E-state index in [4.69, 9.17) is 0 Å². The minimum absolute atomic E-state index is 0.0114. The SMILES string of the molecule is CCN(Cc1ccccc1)C(O)c1cc(Nc2ccc3c(c2)CC2(C3)C(=O)Nc3ncccc32)ncn1. The monoisotopic (exact) mass is 492 g/mol. The number of rotatable bonds is 7. The normalized spacial score (nSPS) is 18.5. The van der Waals surface area contributed by atoms with Crippen LogP contribution in [0.25, 0.3) is 0 Å². The van der Waals surface area contributed by atoms with Gasteiger partial charge in [0.1, 0.15) is 18.0 Å². The van der Waals surface area contributed by atoms with Gasteiger partial charge >= 0.3 is 0 Å². The highest BCUT2D eigenvalue weighted by Gasteiger charge is 2.51. The first-order valence-electron chi connectivity index (χ1n) is 12.5. The predicted molar refractivity (Wildman–Crippen MR) is 141 cm³/mol. The van der Waals surface area contributed by atoms with Gasteiger partial charge in [0.25, 0.3) is 0 Å². The number of aromatic nitrogens is 3. The first-order chi connectivity index (χ1) is 18.1. The first-order valence-corrected chi connectivity index (χ1v) is 12.5. The molecule has 2 unspecified atom stereocenters. The molecule has 2 aliphatic rings. The lowest BCUT2D eigenvalue weighted by Gasteiger charge is -2.26. The second-order valence-electron chi connectivity index (χ2n) is 9.65. The molecule has 4 aromatic rings. The molecule has 8 nitrogen and oxygen atoms in total. The van der Waals surface area contributed by atoms with Crippen LogP contribution in [0.4, 0.5) is 17.3 Å². The van der Waals surface area contributed by atoms with E-state index in [1.54, 1.807) is 12.3 Å². The standard InChI is InChI=1S/C29H28N6O2/c1-2-35(17-19-7-4-3-5-8-19)27(36)24-14-25(32-18-31-24)33-22-11-10-20-15-29(16-21(20)13-22)23-9-6-12-30-26(23)34-28(29)37/h3-14,18,27,36H,2,15-17H2,1H3,(H,30,34,37)(H,31,32,33). The van der Waals surface area contributed by atoms with Crippen molar-refractivity contribution in [2.75, 3.05) is 17.2 Å². The number of anilines is 3. The molecular weight excluding hydrogens is 464 g/mol. The van der Waals surface area contributed by atoms with Gasteiger partial charge in [0.05, 0.1) is 11.1 Å². The van der Waals surface area contributed by atoms with Crippen molar-refractivity contribution in [3.8, 4) is 0 Å². The Bertz CT molecular complexity index is 1460. The van der Waals surface area contributed by atoms with Crippen LogP contribution in [-0.4, -0.2) is 37.4 Å². The Balaban J connectivity index is 1.20. The van der Waals surface area contributed by atoms with Crippen molar-refractivity contribution in [1.29, 1.82) is 0 Å². The van der Waals surface area contributed by atoms with Crippen LogP contribution < -0.4 is 10.6 Å². The van der Waals surface area contributed by atoms with Crippen molar-refractivity contribution in [3.63, 3.8) is 0 Å². The quantitative estimate of drug-likeness (QED) is 0.334. The van der Waals surface area contributed by atoms with Crippen molar-refractivity contribution in [1.82, 2.24) is 19.9 Å². The second-order valence-corrected chi connectivity index (χ2v) is 9.65. The number of pyridine rings is 1. The summed E-state index contributed by atoms with van der Waals surface area (Å²) in [6.45, 7) is 3.30. The number of nitrogens with one attached hydrogen (secondary N) is 2. The molecule has 1 aliphatic heterocycles. The largest absolute Gasteiger partial charge is 0.372 e. The zero-order chi connectivity index (χ0) is 25.4. The topological polar surface area (TPSA) is 103 Å². The van der Waals surface area contributed by atoms with E-state index in [9.17, 15) is 9.90 Å². The number of fused-ring (bicyclic) bond motifs is 3. The fourth-order valence-corrected chi connectivity index (χ4v) is 5.45. The van der Waals surface area contributed by atoms with Crippen LogP contribution in [0.2, 0.25) is 0 Å². The van der Waals surface area contributed by atoms with Gasteiger partial charge in [-0.15, -0.1) is 0 Å². The Hall–Kier alpha value is -4.14.